The van der Waals surface area contributed by atoms with Crippen LogP contribution in [0.25, 0.3) is 0 Å². The number of imide groups is 1. The Bertz CT molecular complexity index is 485. The molecule has 0 saturated carbocycles. The van der Waals surface area contributed by atoms with Crippen molar-refractivity contribution >= 4 is 17.6 Å². The van der Waals surface area contributed by atoms with Crippen molar-refractivity contribution in [3.8, 4) is 0 Å². The van der Waals surface area contributed by atoms with E-state index in [1.807, 2.05) is 20.8 Å². The van der Waals surface area contributed by atoms with Gasteiger partial charge in [0.05, 0.1) is 32.3 Å². The summed E-state index contributed by atoms with van der Waals surface area (Å²) in [5.41, 5.74) is -0.236. The second-order valence-electron chi connectivity index (χ2n) is 7.97. The van der Waals surface area contributed by atoms with Crippen LogP contribution in [0.2, 0.25) is 0 Å². The molecule has 1 atom stereocenters. The number of methoxy groups -OCH3 is 1. The number of carbonyl (C=O) groups is 3. The van der Waals surface area contributed by atoms with E-state index in [1.54, 1.807) is 7.11 Å². The normalized spacial score (nSPS) is 17.8. The average molecular weight is 386 g/mol. The van der Waals surface area contributed by atoms with Gasteiger partial charge in [-0.3, -0.25) is 19.3 Å². The summed E-state index contributed by atoms with van der Waals surface area (Å²) in [6.07, 6.45) is 2.49. The number of hydrogen-bond donors (Lipinski definition) is 0. The number of hydrogen-bond acceptors (Lipinski definition) is 6. The molecule has 2 amide bonds. The summed E-state index contributed by atoms with van der Waals surface area (Å²) in [6, 6.07) is 0. The van der Waals surface area contributed by atoms with E-state index in [4.69, 9.17) is 14.2 Å². The number of likely N-dealkylation sites (tertiary alicyclic amines) is 1. The van der Waals surface area contributed by atoms with Gasteiger partial charge in [-0.2, -0.15) is 0 Å². The maximum atomic E-state index is 12.4. The molecule has 1 aliphatic heterocycles. The molecule has 7 heteroatoms. The predicted molar refractivity (Wildman–Crippen MR) is 101 cm³/mol. The summed E-state index contributed by atoms with van der Waals surface area (Å²) in [5.74, 6) is -0.497. The second kappa shape index (κ2) is 12.2. The molecule has 27 heavy (non-hydrogen) atoms. The summed E-state index contributed by atoms with van der Waals surface area (Å²) in [4.78, 5) is 37.7. The number of amides is 2. The molecule has 0 radical (unpaired) electrons. The highest BCUT2D eigenvalue weighted by atomic mass is 16.5. The van der Waals surface area contributed by atoms with Gasteiger partial charge in [0.1, 0.15) is 5.78 Å². The number of carbonyl (C=O) groups excluding carboxylic acids is 3. The molecule has 0 bridgehead atoms. The predicted octanol–water partition coefficient (Wildman–Crippen LogP) is 2.22. The van der Waals surface area contributed by atoms with Gasteiger partial charge in [0.25, 0.3) is 0 Å². The summed E-state index contributed by atoms with van der Waals surface area (Å²) in [5, 5.41) is 0. The lowest BCUT2D eigenvalue weighted by atomic mass is 9.80. The van der Waals surface area contributed by atoms with Gasteiger partial charge < -0.3 is 14.2 Å². The minimum atomic E-state index is -0.282. The first kappa shape index (κ1) is 23.7. The SMILES string of the molecule is COCCOCCOCCCCC(=O)CCN1C(=O)CC(C(C)(C)C)C1=O. The summed E-state index contributed by atoms with van der Waals surface area (Å²) < 4.78 is 15.6. The molecule has 1 fully saturated rings. The lowest BCUT2D eigenvalue weighted by Gasteiger charge is -2.24. The third-order valence-corrected chi connectivity index (χ3v) is 4.70. The van der Waals surface area contributed by atoms with Gasteiger partial charge >= 0.3 is 0 Å². The van der Waals surface area contributed by atoms with E-state index in [0.29, 0.717) is 39.5 Å². The van der Waals surface area contributed by atoms with Crippen molar-refractivity contribution in [2.24, 2.45) is 11.3 Å². The van der Waals surface area contributed by atoms with Crippen LogP contribution in [0.15, 0.2) is 0 Å². The monoisotopic (exact) mass is 385 g/mol. The first-order chi connectivity index (χ1) is 12.8. The van der Waals surface area contributed by atoms with Crippen molar-refractivity contribution in [1.82, 2.24) is 4.90 Å². The maximum Gasteiger partial charge on any atom is 0.233 e. The number of ether oxygens (including phenoxy) is 3. The molecule has 1 unspecified atom stereocenters. The van der Waals surface area contributed by atoms with E-state index in [0.717, 1.165) is 12.8 Å². The summed E-state index contributed by atoms with van der Waals surface area (Å²) in [6.45, 7) is 8.90. The molecule has 0 aliphatic carbocycles. The first-order valence-electron chi connectivity index (χ1n) is 9.77. The molecule has 1 heterocycles. The fourth-order valence-corrected chi connectivity index (χ4v) is 2.95. The van der Waals surface area contributed by atoms with Crippen LogP contribution in [0.5, 0.6) is 0 Å². The molecule has 1 saturated heterocycles. The molecule has 0 spiro atoms. The maximum absolute atomic E-state index is 12.4. The molecule has 0 N–H and O–H groups in total. The standard InChI is InChI=1S/C20H35NO6/c1-20(2,3)17-15-18(23)21(19(17)24)9-8-16(22)7-5-6-10-26-13-14-27-12-11-25-4/h17H,5-15H2,1-4H3. The van der Waals surface area contributed by atoms with E-state index in [1.165, 1.54) is 4.90 Å². The Morgan fingerprint density at radius 1 is 1.00 bits per heavy atom. The van der Waals surface area contributed by atoms with Crippen molar-refractivity contribution < 1.29 is 28.6 Å². The fourth-order valence-electron chi connectivity index (χ4n) is 2.95. The minimum Gasteiger partial charge on any atom is -0.382 e. The van der Waals surface area contributed by atoms with Gasteiger partial charge in [0.2, 0.25) is 11.8 Å². The molecule has 7 nitrogen and oxygen atoms in total. The number of ketones is 1. The van der Waals surface area contributed by atoms with Gasteiger partial charge in [0.15, 0.2) is 0 Å². The van der Waals surface area contributed by atoms with Crippen molar-refractivity contribution in [1.29, 1.82) is 0 Å². The molecule has 156 valence electrons. The Kier molecular flexibility index (Phi) is 10.7. The van der Waals surface area contributed by atoms with E-state index in [9.17, 15) is 14.4 Å². The van der Waals surface area contributed by atoms with Gasteiger partial charge in [-0.25, -0.2) is 0 Å². The molecule has 0 aromatic heterocycles. The van der Waals surface area contributed by atoms with Gasteiger partial charge in [0, 0.05) is 39.5 Å². The van der Waals surface area contributed by atoms with Crippen molar-refractivity contribution in [2.75, 3.05) is 46.7 Å². The molecule has 0 aromatic carbocycles. The minimum absolute atomic E-state index is 0.0812. The Hall–Kier alpha value is -1.31. The van der Waals surface area contributed by atoms with Crippen molar-refractivity contribution in [3.05, 3.63) is 0 Å². The van der Waals surface area contributed by atoms with Crippen molar-refractivity contribution in [2.45, 2.75) is 52.9 Å². The van der Waals surface area contributed by atoms with Crippen molar-refractivity contribution in [3.63, 3.8) is 0 Å². The first-order valence-corrected chi connectivity index (χ1v) is 9.77. The number of rotatable bonds is 14. The van der Waals surface area contributed by atoms with Crippen LogP contribution in [-0.4, -0.2) is 69.2 Å². The smallest absolute Gasteiger partial charge is 0.233 e. The zero-order valence-corrected chi connectivity index (χ0v) is 17.3. The zero-order valence-electron chi connectivity index (χ0n) is 17.3. The van der Waals surface area contributed by atoms with Crippen LogP contribution in [0, 0.1) is 11.3 Å². The Morgan fingerprint density at radius 2 is 1.63 bits per heavy atom. The quantitative estimate of drug-likeness (QED) is 0.337. The molecule has 1 rings (SSSR count). The number of Topliss-reactive ketones (excluding diaryl/α,β-unsaturated/α-hetero) is 1. The average Bonchev–Trinajstić information content (AvgIpc) is 2.89. The molecule has 0 aromatic rings. The Labute approximate surface area is 162 Å². The highest BCUT2D eigenvalue weighted by molar-refractivity contribution is 6.04. The third kappa shape index (κ3) is 8.95. The van der Waals surface area contributed by atoms with E-state index < -0.39 is 0 Å². The lowest BCUT2D eigenvalue weighted by molar-refractivity contribution is -0.140. The number of unbranched alkanes of at least 4 members (excludes halogenated alkanes) is 1. The Balaban J connectivity index is 2.09. The van der Waals surface area contributed by atoms with Crippen LogP contribution < -0.4 is 0 Å². The number of nitrogens with zero attached hydrogens (tertiary/aromatic N) is 1. The second-order valence-corrected chi connectivity index (χ2v) is 7.97. The topological polar surface area (TPSA) is 82.1 Å². The van der Waals surface area contributed by atoms with Crippen LogP contribution in [-0.2, 0) is 28.6 Å². The van der Waals surface area contributed by atoms with E-state index >= 15 is 0 Å². The highest BCUT2D eigenvalue weighted by Gasteiger charge is 2.44. The van der Waals surface area contributed by atoms with Crippen LogP contribution in [0.1, 0.15) is 52.9 Å². The van der Waals surface area contributed by atoms with E-state index in [-0.39, 0.29) is 48.3 Å². The van der Waals surface area contributed by atoms with Gasteiger partial charge in [-0.05, 0) is 18.3 Å². The fraction of sp³-hybridized carbons (Fsp3) is 0.850. The van der Waals surface area contributed by atoms with Crippen LogP contribution in [0.3, 0.4) is 0 Å². The van der Waals surface area contributed by atoms with Gasteiger partial charge in [-0.15, -0.1) is 0 Å². The van der Waals surface area contributed by atoms with Crippen LogP contribution in [0.4, 0.5) is 0 Å². The molecule has 1 aliphatic rings. The lowest BCUT2D eigenvalue weighted by Crippen LogP contribution is -2.35. The van der Waals surface area contributed by atoms with Crippen LogP contribution >= 0.6 is 0 Å². The molecular formula is C20H35NO6. The highest BCUT2D eigenvalue weighted by Crippen LogP contribution is 2.35. The Morgan fingerprint density at radius 3 is 2.22 bits per heavy atom. The summed E-state index contributed by atoms with van der Waals surface area (Å²) >= 11 is 0. The summed E-state index contributed by atoms with van der Waals surface area (Å²) in [7, 11) is 1.63. The van der Waals surface area contributed by atoms with E-state index in [2.05, 4.69) is 0 Å². The third-order valence-electron chi connectivity index (χ3n) is 4.70. The largest absolute Gasteiger partial charge is 0.382 e. The van der Waals surface area contributed by atoms with Gasteiger partial charge in [-0.1, -0.05) is 20.8 Å². The zero-order chi connectivity index (χ0) is 20.3. The molecular weight excluding hydrogens is 350 g/mol.